The van der Waals surface area contributed by atoms with Crippen molar-refractivity contribution in [1.82, 2.24) is 4.72 Å². The highest BCUT2D eigenvalue weighted by atomic mass is 32.2. The first kappa shape index (κ1) is 12.9. The predicted octanol–water partition coefficient (Wildman–Crippen LogP) is -0.287. The standard InChI is InChI=1S/C9H19NO4S/c1-8(2)5-15(12,13)10-6-9(11)3-4-14-7-9/h8,10-11H,3-7H2,1-2H3. The predicted molar refractivity (Wildman–Crippen MR) is 57.0 cm³/mol. The molecule has 0 bridgehead atoms. The lowest BCUT2D eigenvalue weighted by Crippen LogP contribution is -2.44. The zero-order chi connectivity index (χ0) is 11.5. The van der Waals surface area contributed by atoms with E-state index in [1.165, 1.54) is 0 Å². The second-order valence-electron chi connectivity index (χ2n) is 4.52. The summed E-state index contributed by atoms with van der Waals surface area (Å²) in [5, 5.41) is 9.84. The number of sulfonamides is 1. The quantitative estimate of drug-likeness (QED) is 0.689. The van der Waals surface area contributed by atoms with E-state index in [-0.39, 0.29) is 24.8 Å². The van der Waals surface area contributed by atoms with Gasteiger partial charge < -0.3 is 9.84 Å². The molecule has 1 aliphatic heterocycles. The maximum Gasteiger partial charge on any atom is 0.211 e. The molecule has 1 fully saturated rings. The van der Waals surface area contributed by atoms with Crippen LogP contribution in [0.3, 0.4) is 0 Å². The smallest absolute Gasteiger partial charge is 0.211 e. The fourth-order valence-corrected chi connectivity index (χ4v) is 2.96. The average Bonchev–Trinajstić information content (AvgIpc) is 2.48. The van der Waals surface area contributed by atoms with Crippen molar-refractivity contribution in [2.75, 3.05) is 25.5 Å². The van der Waals surface area contributed by atoms with E-state index < -0.39 is 15.6 Å². The van der Waals surface area contributed by atoms with E-state index in [1.54, 1.807) is 0 Å². The molecular weight excluding hydrogens is 218 g/mol. The molecule has 0 spiro atoms. The highest BCUT2D eigenvalue weighted by molar-refractivity contribution is 7.89. The van der Waals surface area contributed by atoms with Crippen molar-refractivity contribution in [3.63, 3.8) is 0 Å². The first-order valence-electron chi connectivity index (χ1n) is 5.10. The second kappa shape index (κ2) is 4.78. The molecule has 1 rings (SSSR count). The Balaban J connectivity index is 2.42. The van der Waals surface area contributed by atoms with E-state index in [2.05, 4.69) is 4.72 Å². The minimum absolute atomic E-state index is 0.0437. The number of hydrogen-bond acceptors (Lipinski definition) is 4. The van der Waals surface area contributed by atoms with Crippen molar-refractivity contribution in [3.05, 3.63) is 0 Å². The van der Waals surface area contributed by atoms with Gasteiger partial charge in [-0.1, -0.05) is 13.8 Å². The first-order valence-corrected chi connectivity index (χ1v) is 6.76. The lowest BCUT2D eigenvalue weighted by Gasteiger charge is -2.20. The molecule has 0 aliphatic carbocycles. The van der Waals surface area contributed by atoms with Gasteiger partial charge in [-0.15, -0.1) is 0 Å². The molecule has 1 unspecified atom stereocenters. The number of rotatable bonds is 5. The van der Waals surface area contributed by atoms with E-state index in [0.717, 1.165) is 0 Å². The molecule has 1 atom stereocenters. The highest BCUT2D eigenvalue weighted by Crippen LogP contribution is 2.17. The number of nitrogens with one attached hydrogen (secondary N) is 1. The topological polar surface area (TPSA) is 75.6 Å². The third-order valence-electron chi connectivity index (χ3n) is 2.26. The SMILES string of the molecule is CC(C)CS(=O)(=O)NCC1(O)CCOC1. The summed E-state index contributed by atoms with van der Waals surface area (Å²) in [5.41, 5.74) is -1.02. The van der Waals surface area contributed by atoms with Gasteiger partial charge in [0.05, 0.1) is 12.4 Å². The fourth-order valence-electron chi connectivity index (χ4n) is 1.48. The van der Waals surface area contributed by atoms with Gasteiger partial charge in [-0.2, -0.15) is 0 Å². The normalized spacial score (nSPS) is 27.5. The fraction of sp³-hybridized carbons (Fsp3) is 1.00. The summed E-state index contributed by atoms with van der Waals surface area (Å²) in [6.45, 7) is 4.42. The summed E-state index contributed by atoms with van der Waals surface area (Å²) >= 11 is 0. The van der Waals surface area contributed by atoms with Crippen LogP contribution in [0.4, 0.5) is 0 Å². The molecule has 0 radical (unpaired) electrons. The zero-order valence-corrected chi connectivity index (χ0v) is 10.0. The van der Waals surface area contributed by atoms with Gasteiger partial charge in [-0.05, 0) is 5.92 Å². The van der Waals surface area contributed by atoms with Gasteiger partial charge in [-0.3, -0.25) is 0 Å². The van der Waals surface area contributed by atoms with Gasteiger partial charge in [0.15, 0.2) is 0 Å². The van der Waals surface area contributed by atoms with Crippen molar-refractivity contribution >= 4 is 10.0 Å². The number of hydrogen-bond donors (Lipinski definition) is 2. The van der Waals surface area contributed by atoms with Gasteiger partial charge >= 0.3 is 0 Å². The van der Waals surface area contributed by atoms with Crippen molar-refractivity contribution in [1.29, 1.82) is 0 Å². The molecule has 0 aromatic carbocycles. The molecule has 5 nitrogen and oxygen atoms in total. The van der Waals surface area contributed by atoms with E-state index >= 15 is 0 Å². The summed E-state index contributed by atoms with van der Waals surface area (Å²) in [6.07, 6.45) is 0.483. The number of aliphatic hydroxyl groups is 1. The minimum Gasteiger partial charge on any atom is -0.386 e. The van der Waals surface area contributed by atoms with Crippen molar-refractivity contribution in [3.8, 4) is 0 Å². The van der Waals surface area contributed by atoms with E-state index in [1.807, 2.05) is 13.8 Å². The molecule has 15 heavy (non-hydrogen) atoms. The average molecular weight is 237 g/mol. The second-order valence-corrected chi connectivity index (χ2v) is 6.37. The van der Waals surface area contributed by atoms with Gasteiger partial charge in [0.1, 0.15) is 5.60 Å². The first-order chi connectivity index (χ1) is 6.83. The lowest BCUT2D eigenvalue weighted by atomic mass is 10.1. The van der Waals surface area contributed by atoms with E-state index in [9.17, 15) is 13.5 Å². The van der Waals surface area contributed by atoms with Gasteiger partial charge in [0.25, 0.3) is 0 Å². The van der Waals surface area contributed by atoms with Crippen LogP contribution in [0.25, 0.3) is 0 Å². The van der Waals surface area contributed by atoms with Crippen molar-refractivity contribution < 1.29 is 18.3 Å². The molecule has 2 N–H and O–H groups in total. The molecule has 1 heterocycles. The van der Waals surface area contributed by atoms with Crippen LogP contribution in [0, 0.1) is 5.92 Å². The maximum absolute atomic E-state index is 11.5. The molecule has 1 saturated heterocycles. The molecule has 90 valence electrons. The van der Waals surface area contributed by atoms with Crippen LogP contribution < -0.4 is 4.72 Å². The van der Waals surface area contributed by atoms with Crippen molar-refractivity contribution in [2.24, 2.45) is 5.92 Å². The van der Waals surface area contributed by atoms with Crippen LogP contribution in [0.2, 0.25) is 0 Å². The Morgan fingerprint density at radius 1 is 1.53 bits per heavy atom. The van der Waals surface area contributed by atoms with E-state index in [4.69, 9.17) is 4.74 Å². The molecule has 0 amide bonds. The largest absolute Gasteiger partial charge is 0.386 e. The van der Waals surface area contributed by atoms with Crippen LogP contribution in [0.5, 0.6) is 0 Å². The van der Waals surface area contributed by atoms with Crippen LogP contribution >= 0.6 is 0 Å². The highest BCUT2D eigenvalue weighted by Gasteiger charge is 2.33. The Morgan fingerprint density at radius 2 is 2.20 bits per heavy atom. The maximum atomic E-state index is 11.5. The number of ether oxygens (including phenoxy) is 1. The van der Waals surface area contributed by atoms with Crippen LogP contribution in [-0.2, 0) is 14.8 Å². The van der Waals surface area contributed by atoms with E-state index in [0.29, 0.717) is 13.0 Å². The summed E-state index contributed by atoms with van der Waals surface area (Å²) in [5.74, 6) is 0.168. The lowest BCUT2D eigenvalue weighted by molar-refractivity contribution is 0.0314. The summed E-state index contributed by atoms with van der Waals surface area (Å²) < 4.78 is 30.4. The Morgan fingerprint density at radius 3 is 2.67 bits per heavy atom. The van der Waals surface area contributed by atoms with Crippen molar-refractivity contribution in [2.45, 2.75) is 25.9 Å². The molecule has 1 aliphatic rings. The molecule has 6 heteroatoms. The van der Waals surface area contributed by atoms with Gasteiger partial charge in [0.2, 0.25) is 10.0 Å². The Labute approximate surface area is 90.9 Å². The third kappa shape index (κ3) is 4.46. The molecule has 0 aromatic heterocycles. The van der Waals surface area contributed by atoms with Crippen LogP contribution in [0.15, 0.2) is 0 Å². The molecular formula is C9H19NO4S. The van der Waals surface area contributed by atoms with Crippen LogP contribution in [0.1, 0.15) is 20.3 Å². The monoisotopic (exact) mass is 237 g/mol. The summed E-state index contributed by atoms with van der Waals surface area (Å²) in [4.78, 5) is 0. The zero-order valence-electron chi connectivity index (χ0n) is 9.19. The van der Waals surface area contributed by atoms with Crippen LogP contribution in [-0.4, -0.2) is 44.6 Å². The summed E-state index contributed by atoms with van der Waals surface area (Å²) in [6, 6.07) is 0. The Bertz CT molecular complexity index is 293. The third-order valence-corrected chi connectivity index (χ3v) is 3.95. The Kier molecular flexibility index (Phi) is 4.11. The summed E-state index contributed by atoms with van der Waals surface area (Å²) in [7, 11) is -3.27. The Hall–Kier alpha value is -0.170. The molecule has 0 aromatic rings. The van der Waals surface area contributed by atoms with Gasteiger partial charge in [0, 0.05) is 19.6 Å². The van der Waals surface area contributed by atoms with Gasteiger partial charge in [-0.25, -0.2) is 13.1 Å². The molecule has 0 saturated carbocycles. The minimum atomic E-state index is -3.27.